The van der Waals surface area contributed by atoms with Gasteiger partial charge < -0.3 is 10.2 Å². The molecule has 1 aliphatic heterocycles. The molecule has 5 heteroatoms. The minimum Gasteiger partial charge on any atom is -0.335 e. The molecule has 1 saturated heterocycles. The zero-order chi connectivity index (χ0) is 11.4. The van der Waals surface area contributed by atoms with E-state index in [2.05, 4.69) is 15.3 Å². The number of hydrogen-bond acceptors (Lipinski definition) is 4. The van der Waals surface area contributed by atoms with Crippen LogP contribution in [-0.2, 0) is 11.3 Å². The molecule has 1 amide bonds. The fourth-order valence-electron chi connectivity index (χ4n) is 1.94. The maximum Gasteiger partial charge on any atom is 0.240 e. The molecule has 5 nitrogen and oxygen atoms in total. The van der Waals surface area contributed by atoms with Crippen molar-refractivity contribution >= 4 is 5.91 Å². The van der Waals surface area contributed by atoms with Crippen LogP contribution in [0.1, 0.15) is 19.0 Å². The highest BCUT2D eigenvalue weighted by Gasteiger charge is 2.30. The predicted octanol–water partition coefficient (Wildman–Crippen LogP) is 0.187. The van der Waals surface area contributed by atoms with Crippen molar-refractivity contribution in [3.05, 3.63) is 24.3 Å². The Morgan fingerprint density at radius 1 is 1.62 bits per heavy atom. The molecule has 16 heavy (non-hydrogen) atoms. The minimum absolute atomic E-state index is 0.00756. The lowest BCUT2D eigenvalue weighted by molar-refractivity contribution is -0.129. The number of likely N-dealkylation sites (tertiary alicyclic amines) is 1. The van der Waals surface area contributed by atoms with Gasteiger partial charge in [-0.15, -0.1) is 0 Å². The largest absolute Gasteiger partial charge is 0.335 e. The Bertz CT molecular complexity index is 354. The molecule has 0 saturated carbocycles. The molecule has 0 spiro atoms. The first-order chi connectivity index (χ1) is 7.81. The van der Waals surface area contributed by atoms with Crippen molar-refractivity contribution in [2.24, 2.45) is 0 Å². The highest BCUT2D eigenvalue weighted by atomic mass is 16.2. The van der Waals surface area contributed by atoms with E-state index in [-0.39, 0.29) is 11.9 Å². The highest BCUT2D eigenvalue weighted by Crippen LogP contribution is 2.13. The summed E-state index contributed by atoms with van der Waals surface area (Å²) in [6.45, 7) is 4.24. The number of rotatable bonds is 4. The Morgan fingerprint density at radius 3 is 3.19 bits per heavy atom. The summed E-state index contributed by atoms with van der Waals surface area (Å²) in [5.41, 5.74) is 0.889. The number of nitrogens with one attached hydrogen (secondary N) is 1. The molecule has 0 aromatic carbocycles. The van der Waals surface area contributed by atoms with Crippen molar-refractivity contribution in [1.29, 1.82) is 0 Å². The number of hydrogen-bond donors (Lipinski definition) is 1. The first-order valence-corrected chi connectivity index (χ1v) is 5.58. The van der Waals surface area contributed by atoms with Crippen LogP contribution < -0.4 is 5.32 Å². The van der Waals surface area contributed by atoms with Crippen LogP contribution in [0.2, 0.25) is 0 Å². The molecule has 1 N–H and O–H groups in total. The van der Waals surface area contributed by atoms with Gasteiger partial charge in [0.2, 0.25) is 5.91 Å². The third-order valence-electron chi connectivity index (χ3n) is 2.74. The van der Waals surface area contributed by atoms with Gasteiger partial charge in [-0.05, 0) is 19.0 Å². The molecule has 1 aromatic rings. The van der Waals surface area contributed by atoms with E-state index in [0.717, 1.165) is 25.2 Å². The van der Waals surface area contributed by atoms with E-state index in [0.29, 0.717) is 6.54 Å². The second-order valence-corrected chi connectivity index (χ2v) is 3.86. The van der Waals surface area contributed by atoms with Crippen LogP contribution in [0.25, 0.3) is 0 Å². The number of nitrogens with zero attached hydrogens (tertiary/aromatic N) is 3. The molecule has 1 atom stereocenters. The van der Waals surface area contributed by atoms with Gasteiger partial charge >= 0.3 is 0 Å². The van der Waals surface area contributed by atoms with E-state index in [1.807, 2.05) is 17.9 Å². The second-order valence-electron chi connectivity index (χ2n) is 3.86. The summed E-state index contributed by atoms with van der Waals surface area (Å²) >= 11 is 0. The number of carbonyl (C=O) groups excluding carboxylic acids is 1. The quantitative estimate of drug-likeness (QED) is 0.786. The summed E-state index contributed by atoms with van der Waals surface area (Å²) in [6, 6.07) is 1.83. The average Bonchev–Trinajstić information content (AvgIpc) is 2.64. The van der Waals surface area contributed by atoms with E-state index in [4.69, 9.17) is 0 Å². The molecule has 2 heterocycles. The third kappa shape index (κ3) is 2.36. The summed E-state index contributed by atoms with van der Waals surface area (Å²) in [6.07, 6.45) is 4.10. The number of aromatic nitrogens is 2. The van der Waals surface area contributed by atoms with Gasteiger partial charge in [0.25, 0.3) is 0 Å². The van der Waals surface area contributed by atoms with E-state index in [1.54, 1.807) is 6.20 Å². The first kappa shape index (κ1) is 11.0. The Kier molecular flexibility index (Phi) is 3.46. The number of likely N-dealkylation sites (N-methyl/N-ethyl adjacent to an activating group) is 1. The van der Waals surface area contributed by atoms with Crippen molar-refractivity contribution in [2.75, 3.05) is 13.1 Å². The van der Waals surface area contributed by atoms with Gasteiger partial charge in [-0.1, -0.05) is 6.92 Å². The SMILES string of the molecule is CCNC1CCN(Cc2ccncn2)C1=O. The molecule has 1 fully saturated rings. The first-order valence-electron chi connectivity index (χ1n) is 5.58. The van der Waals surface area contributed by atoms with Crippen LogP contribution in [-0.4, -0.2) is 39.9 Å². The Balaban J connectivity index is 1.95. The molecule has 0 aliphatic carbocycles. The Labute approximate surface area is 94.9 Å². The summed E-state index contributed by atoms with van der Waals surface area (Å²) in [4.78, 5) is 21.7. The van der Waals surface area contributed by atoms with Crippen LogP contribution in [0.4, 0.5) is 0 Å². The maximum atomic E-state index is 11.9. The normalized spacial score (nSPS) is 20.4. The highest BCUT2D eigenvalue weighted by molar-refractivity contribution is 5.83. The van der Waals surface area contributed by atoms with Gasteiger partial charge in [-0.3, -0.25) is 4.79 Å². The van der Waals surface area contributed by atoms with Crippen molar-refractivity contribution in [2.45, 2.75) is 25.9 Å². The molecular weight excluding hydrogens is 204 g/mol. The monoisotopic (exact) mass is 220 g/mol. The zero-order valence-electron chi connectivity index (χ0n) is 9.39. The van der Waals surface area contributed by atoms with Crippen LogP contribution in [0, 0.1) is 0 Å². The van der Waals surface area contributed by atoms with Gasteiger partial charge in [0.05, 0.1) is 18.3 Å². The lowest BCUT2D eigenvalue weighted by atomic mass is 10.2. The summed E-state index contributed by atoms with van der Waals surface area (Å²) in [5, 5.41) is 3.19. The maximum absolute atomic E-state index is 11.9. The molecule has 1 aliphatic rings. The topological polar surface area (TPSA) is 58.1 Å². The third-order valence-corrected chi connectivity index (χ3v) is 2.74. The van der Waals surface area contributed by atoms with Crippen LogP contribution in [0.15, 0.2) is 18.6 Å². The summed E-state index contributed by atoms with van der Waals surface area (Å²) < 4.78 is 0. The Hall–Kier alpha value is -1.49. The minimum atomic E-state index is -0.00756. The van der Waals surface area contributed by atoms with Gasteiger partial charge in [0.1, 0.15) is 6.33 Å². The van der Waals surface area contributed by atoms with Gasteiger partial charge in [0.15, 0.2) is 0 Å². The van der Waals surface area contributed by atoms with Crippen molar-refractivity contribution in [1.82, 2.24) is 20.2 Å². The standard InChI is InChI=1S/C11H16N4O/c1-2-13-10-4-6-15(11(10)16)7-9-3-5-12-8-14-9/h3,5,8,10,13H,2,4,6-7H2,1H3. The van der Waals surface area contributed by atoms with Crippen molar-refractivity contribution in [3.8, 4) is 0 Å². The van der Waals surface area contributed by atoms with E-state index in [1.165, 1.54) is 6.33 Å². The Morgan fingerprint density at radius 2 is 2.50 bits per heavy atom. The molecule has 1 aromatic heterocycles. The second kappa shape index (κ2) is 5.03. The lowest BCUT2D eigenvalue weighted by Crippen LogP contribution is -2.37. The molecule has 86 valence electrons. The van der Waals surface area contributed by atoms with Crippen molar-refractivity contribution < 1.29 is 4.79 Å². The molecular formula is C11H16N4O. The van der Waals surface area contributed by atoms with Crippen LogP contribution in [0.3, 0.4) is 0 Å². The van der Waals surface area contributed by atoms with Gasteiger partial charge in [0, 0.05) is 12.7 Å². The molecule has 2 rings (SSSR count). The van der Waals surface area contributed by atoms with Crippen LogP contribution >= 0.6 is 0 Å². The zero-order valence-corrected chi connectivity index (χ0v) is 9.39. The van der Waals surface area contributed by atoms with E-state index >= 15 is 0 Å². The van der Waals surface area contributed by atoms with Crippen LogP contribution in [0.5, 0.6) is 0 Å². The lowest BCUT2D eigenvalue weighted by Gasteiger charge is -2.16. The summed E-state index contributed by atoms with van der Waals surface area (Å²) in [5.74, 6) is 0.181. The smallest absolute Gasteiger partial charge is 0.240 e. The number of carbonyl (C=O) groups is 1. The molecule has 0 radical (unpaired) electrons. The van der Waals surface area contributed by atoms with E-state index in [9.17, 15) is 4.79 Å². The van der Waals surface area contributed by atoms with Crippen molar-refractivity contribution in [3.63, 3.8) is 0 Å². The van der Waals surface area contributed by atoms with E-state index < -0.39 is 0 Å². The fourth-order valence-corrected chi connectivity index (χ4v) is 1.94. The number of amides is 1. The molecule has 0 bridgehead atoms. The fraction of sp³-hybridized carbons (Fsp3) is 0.545. The molecule has 1 unspecified atom stereocenters. The average molecular weight is 220 g/mol. The van der Waals surface area contributed by atoms with Gasteiger partial charge in [-0.25, -0.2) is 9.97 Å². The summed E-state index contributed by atoms with van der Waals surface area (Å²) in [7, 11) is 0. The van der Waals surface area contributed by atoms with Gasteiger partial charge in [-0.2, -0.15) is 0 Å². The predicted molar refractivity (Wildman–Crippen MR) is 59.5 cm³/mol.